The first-order chi connectivity index (χ1) is 17.0. The van der Waals surface area contributed by atoms with E-state index in [1.165, 1.54) is 5.56 Å². The molecule has 1 N–H and O–H groups in total. The molecule has 0 unspecified atom stereocenters. The van der Waals surface area contributed by atoms with Gasteiger partial charge in [-0.2, -0.15) is 5.10 Å². The first kappa shape index (κ1) is 27.2. The van der Waals surface area contributed by atoms with Gasteiger partial charge in [-0.1, -0.05) is 76.4 Å². The molecule has 0 radical (unpaired) electrons. The van der Waals surface area contributed by atoms with E-state index in [0.717, 1.165) is 41.8 Å². The number of rotatable bonds is 9. The summed E-state index contributed by atoms with van der Waals surface area (Å²) < 4.78 is 1.80. The van der Waals surface area contributed by atoms with Crippen molar-refractivity contribution in [3.8, 4) is 5.69 Å². The number of aryl methyl sites for hydroxylation is 3. The normalized spacial score (nSPS) is 11.4. The number of nitrogens with zero attached hydrogens (tertiary/aromatic N) is 3. The molecule has 6 heteroatoms. The third-order valence-corrected chi connectivity index (χ3v) is 6.35. The monoisotopic (exact) mass is 488 g/mol. The van der Waals surface area contributed by atoms with E-state index in [-0.39, 0.29) is 23.8 Å². The number of carbonyl (C=O) groups is 2. The van der Waals surface area contributed by atoms with Crippen LogP contribution in [0.15, 0.2) is 48.5 Å². The summed E-state index contributed by atoms with van der Waals surface area (Å²) in [6.07, 6.45) is 2.91. The van der Waals surface area contributed by atoms with Crippen LogP contribution in [0.1, 0.15) is 79.7 Å². The molecular formula is C30H40N4O2. The van der Waals surface area contributed by atoms with Gasteiger partial charge in [0.05, 0.1) is 11.4 Å². The Morgan fingerprint density at radius 3 is 2.33 bits per heavy atom. The third kappa shape index (κ3) is 6.62. The lowest BCUT2D eigenvalue weighted by Crippen LogP contribution is -2.39. The van der Waals surface area contributed by atoms with Gasteiger partial charge in [-0.3, -0.25) is 9.59 Å². The topological polar surface area (TPSA) is 67.2 Å². The maximum absolute atomic E-state index is 13.4. The maximum Gasteiger partial charge on any atom is 0.254 e. The second-order valence-electron chi connectivity index (χ2n) is 10.7. The summed E-state index contributed by atoms with van der Waals surface area (Å²) in [5, 5.41) is 7.90. The highest BCUT2D eigenvalue weighted by atomic mass is 16.2. The molecule has 192 valence electrons. The van der Waals surface area contributed by atoms with Gasteiger partial charge in [-0.15, -0.1) is 0 Å². The molecule has 1 heterocycles. The highest BCUT2D eigenvalue weighted by molar-refractivity contribution is 6.00. The summed E-state index contributed by atoms with van der Waals surface area (Å²) in [4.78, 5) is 28.4. The van der Waals surface area contributed by atoms with E-state index in [1.807, 2.05) is 56.3 Å². The molecule has 0 aliphatic carbocycles. The van der Waals surface area contributed by atoms with E-state index >= 15 is 0 Å². The molecule has 0 spiro atoms. The molecule has 0 saturated carbocycles. The smallest absolute Gasteiger partial charge is 0.254 e. The van der Waals surface area contributed by atoms with Crippen molar-refractivity contribution in [2.75, 3.05) is 18.4 Å². The van der Waals surface area contributed by atoms with Gasteiger partial charge >= 0.3 is 0 Å². The van der Waals surface area contributed by atoms with Crippen LogP contribution >= 0.6 is 0 Å². The van der Waals surface area contributed by atoms with Crippen LogP contribution in [0, 0.1) is 20.8 Å². The van der Waals surface area contributed by atoms with Crippen molar-refractivity contribution >= 4 is 17.6 Å². The zero-order valence-electron chi connectivity index (χ0n) is 22.8. The van der Waals surface area contributed by atoms with Crippen LogP contribution in [0.25, 0.3) is 5.69 Å². The van der Waals surface area contributed by atoms with E-state index in [0.29, 0.717) is 17.9 Å². The fraction of sp³-hybridized carbons (Fsp3) is 0.433. The average molecular weight is 489 g/mol. The minimum atomic E-state index is -0.236. The molecule has 0 bridgehead atoms. The van der Waals surface area contributed by atoms with E-state index in [4.69, 9.17) is 5.10 Å². The molecule has 36 heavy (non-hydrogen) atoms. The van der Waals surface area contributed by atoms with Crippen LogP contribution in [-0.4, -0.2) is 39.6 Å². The molecule has 0 aliphatic rings. The van der Waals surface area contributed by atoms with E-state index < -0.39 is 0 Å². The minimum absolute atomic E-state index is 0.0141. The molecule has 0 aliphatic heterocycles. The molecule has 2 aromatic carbocycles. The van der Waals surface area contributed by atoms with Gasteiger partial charge in [0, 0.05) is 23.6 Å². The predicted octanol–water partition coefficient (Wildman–Crippen LogP) is 6.37. The highest BCUT2D eigenvalue weighted by Crippen LogP contribution is 2.28. The Morgan fingerprint density at radius 2 is 1.69 bits per heavy atom. The fourth-order valence-electron chi connectivity index (χ4n) is 4.21. The molecule has 2 amide bonds. The Bertz CT molecular complexity index is 1220. The van der Waals surface area contributed by atoms with Crippen molar-refractivity contribution in [3.05, 3.63) is 76.5 Å². The number of hydrogen-bond donors (Lipinski definition) is 1. The number of unbranched alkanes of at least 4 members (excludes halogenated alkanes) is 2. The van der Waals surface area contributed by atoms with Crippen LogP contribution in [0.2, 0.25) is 0 Å². The maximum atomic E-state index is 13.4. The number of hydrogen-bond acceptors (Lipinski definition) is 3. The Hall–Kier alpha value is -3.41. The fourth-order valence-corrected chi connectivity index (χ4v) is 4.21. The van der Waals surface area contributed by atoms with Crippen molar-refractivity contribution in [2.24, 2.45) is 0 Å². The zero-order chi connectivity index (χ0) is 26.5. The van der Waals surface area contributed by atoms with Crippen LogP contribution in [0.5, 0.6) is 0 Å². The molecule has 1 aromatic heterocycles. The largest absolute Gasteiger partial charge is 0.329 e. The van der Waals surface area contributed by atoms with Crippen LogP contribution in [-0.2, 0) is 10.2 Å². The predicted molar refractivity (Wildman–Crippen MR) is 147 cm³/mol. The van der Waals surface area contributed by atoms with E-state index in [1.54, 1.807) is 9.58 Å². The lowest BCUT2D eigenvalue weighted by Gasteiger charge is -2.23. The number of aromatic nitrogens is 2. The van der Waals surface area contributed by atoms with E-state index in [9.17, 15) is 9.59 Å². The number of carbonyl (C=O) groups excluding carboxylic acids is 2. The van der Waals surface area contributed by atoms with Crippen molar-refractivity contribution in [2.45, 2.75) is 73.1 Å². The van der Waals surface area contributed by atoms with Crippen molar-refractivity contribution in [1.29, 1.82) is 0 Å². The van der Waals surface area contributed by atoms with Crippen LogP contribution in [0.4, 0.5) is 5.82 Å². The summed E-state index contributed by atoms with van der Waals surface area (Å²) in [5.41, 5.74) is 5.41. The summed E-state index contributed by atoms with van der Waals surface area (Å²) in [6, 6.07) is 15.6. The second-order valence-corrected chi connectivity index (χ2v) is 10.7. The molecular weight excluding hydrogens is 448 g/mol. The van der Waals surface area contributed by atoms with Gasteiger partial charge in [-0.25, -0.2) is 4.68 Å². The van der Waals surface area contributed by atoms with Crippen molar-refractivity contribution in [1.82, 2.24) is 14.7 Å². The lowest BCUT2D eigenvalue weighted by molar-refractivity contribution is -0.117. The number of amides is 2. The molecule has 0 saturated heterocycles. The van der Waals surface area contributed by atoms with E-state index in [2.05, 4.69) is 46.0 Å². The molecule has 6 nitrogen and oxygen atoms in total. The highest BCUT2D eigenvalue weighted by Gasteiger charge is 2.24. The summed E-state index contributed by atoms with van der Waals surface area (Å²) >= 11 is 0. The first-order valence-electron chi connectivity index (χ1n) is 12.8. The Balaban J connectivity index is 1.89. The van der Waals surface area contributed by atoms with Gasteiger partial charge in [0.2, 0.25) is 5.91 Å². The summed E-state index contributed by atoms with van der Waals surface area (Å²) in [6.45, 7) is 15.0. The van der Waals surface area contributed by atoms with Crippen molar-refractivity contribution in [3.63, 3.8) is 0 Å². The number of nitrogens with one attached hydrogen (secondary N) is 1. The molecule has 0 atom stereocenters. The lowest BCUT2D eigenvalue weighted by atomic mass is 9.92. The standard InChI is InChI=1S/C30H40N4O2/c1-8-9-12-17-33(29(36)24-14-11-10-13-22(24)3)20-28(35)31-27-19-26(30(5,6)7)32-34(27)25-16-15-21(2)18-23(25)4/h10-11,13-16,18-19H,8-9,12,17,20H2,1-7H3,(H,31,35). The summed E-state index contributed by atoms with van der Waals surface area (Å²) in [7, 11) is 0. The molecule has 3 rings (SSSR count). The second kappa shape index (κ2) is 11.5. The van der Waals surface area contributed by atoms with Crippen molar-refractivity contribution < 1.29 is 9.59 Å². The van der Waals surface area contributed by atoms with Crippen LogP contribution in [0.3, 0.4) is 0 Å². The minimum Gasteiger partial charge on any atom is -0.329 e. The van der Waals surface area contributed by atoms with Crippen LogP contribution < -0.4 is 5.32 Å². The van der Waals surface area contributed by atoms with Gasteiger partial charge in [0.25, 0.3) is 5.91 Å². The molecule has 3 aromatic rings. The third-order valence-electron chi connectivity index (χ3n) is 6.35. The van der Waals surface area contributed by atoms with Gasteiger partial charge < -0.3 is 10.2 Å². The average Bonchev–Trinajstić information content (AvgIpc) is 3.22. The number of anilines is 1. The summed E-state index contributed by atoms with van der Waals surface area (Å²) in [5.74, 6) is 0.256. The molecule has 0 fully saturated rings. The van der Waals surface area contributed by atoms with Gasteiger partial charge in [0.15, 0.2) is 0 Å². The SMILES string of the molecule is CCCCCN(CC(=O)Nc1cc(C(C)(C)C)nn1-c1ccc(C)cc1C)C(=O)c1ccccc1C. The zero-order valence-corrected chi connectivity index (χ0v) is 22.8. The quantitative estimate of drug-likeness (QED) is 0.356. The Kier molecular flexibility index (Phi) is 8.72. The van der Waals surface area contributed by atoms with Gasteiger partial charge in [0.1, 0.15) is 12.4 Å². The van der Waals surface area contributed by atoms with Gasteiger partial charge in [-0.05, 0) is 50.5 Å². The Morgan fingerprint density at radius 1 is 0.972 bits per heavy atom. The Labute approximate surface area is 215 Å². The first-order valence-corrected chi connectivity index (χ1v) is 12.8. The number of benzene rings is 2.